The van der Waals surface area contributed by atoms with Gasteiger partial charge in [0.25, 0.3) is 0 Å². The smallest absolute Gasteiger partial charge is 0.304 e. The van der Waals surface area contributed by atoms with Crippen LogP contribution in [-0.2, 0) is 10.2 Å². The fourth-order valence-corrected chi connectivity index (χ4v) is 2.09. The summed E-state index contributed by atoms with van der Waals surface area (Å²) in [5.74, 6) is -0.875. The molecule has 0 aliphatic carbocycles. The summed E-state index contributed by atoms with van der Waals surface area (Å²) < 4.78 is 0. The summed E-state index contributed by atoms with van der Waals surface area (Å²) in [6, 6.07) is 6.94. The van der Waals surface area contributed by atoms with Gasteiger partial charge in [0.2, 0.25) is 0 Å². The van der Waals surface area contributed by atoms with Crippen molar-refractivity contribution in [3.8, 4) is 0 Å². The molecular formula is C12H16ClNO2. The van der Waals surface area contributed by atoms with Crippen molar-refractivity contribution in [2.24, 2.45) is 5.73 Å². The SMILES string of the molecule is CC(N)C(C)(CC(=O)O)c1ccccc1Cl. The molecule has 0 spiro atoms. The second-order valence-corrected chi connectivity index (χ2v) is 4.66. The maximum Gasteiger partial charge on any atom is 0.304 e. The molecule has 0 radical (unpaired) electrons. The topological polar surface area (TPSA) is 63.3 Å². The van der Waals surface area contributed by atoms with Gasteiger partial charge in [-0.1, -0.05) is 36.7 Å². The van der Waals surface area contributed by atoms with Crippen LogP contribution in [0.4, 0.5) is 0 Å². The van der Waals surface area contributed by atoms with Crippen LogP contribution in [0, 0.1) is 0 Å². The van der Waals surface area contributed by atoms with Crippen LogP contribution >= 0.6 is 11.6 Å². The molecule has 0 aromatic heterocycles. The first kappa shape index (κ1) is 13.0. The summed E-state index contributed by atoms with van der Waals surface area (Å²) in [6.45, 7) is 3.62. The number of nitrogens with two attached hydrogens (primary N) is 1. The highest BCUT2D eigenvalue weighted by Gasteiger charge is 2.35. The lowest BCUT2D eigenvalue weighted by Gasteiger charge is -2.33. The number of carboxylic acids is 1. The molecule has 4 heteroatoms. The molecule has 0 saturated heterocycles. The van der Waals surface area contributed by atoms with Gasteiger partial charge in [0, 0.05) is 16.5 Å². The summed E-state index contributed by atoms with van der Waals surface area (Å²) >= 11 is 6.09. The lowest BCUT2D eigenvalue weighted by atomic mass is 9.74. The van der Waals surface area contributed by atoms with Crippen LogP contribution < -0.4 is 5.73 Å². The van der Waals surface area contributed by atoms with Gasteiger partial charge in [-0.25, -0.2) is 0 Å². The van der Waals surface area contributed by atoms with Crippen molar-refractivity contribution in [3.05, 3.63) is 34.9 Å². The molecule has 3 N–H and O–H groups in total. The molecule has 2 unspecified atom stereocenters. The van der Waals surface area contributed by atoms with Crippen molar-refractivity contribution in [2.75, 3.05) is 0 Å². The zero-order valence-corrected chi connectivity index (χ0v) is 10.2. The van der Waals surface area contributed by atoms with Gasteiger partial charge < -0.3 is 10.8 Å². The molecule has 0 fully saturated rings. The second-order valence-electron chi connectivity index (χ2n) is 4.26. The molecule has 1 aromatic carbocycles. The maximum atomic E-state index is 10.9. The first-order valence-corrected chi connectivity index (χ1v) is 5.48. The zero-order chi connectivity index (χ0) is 12.3. The van der Waals surface area contributed by atoms with E-state index in [9.17, 15) is 4.79 Å². The standard InChI is InChI=1S/C12H16ClNO2/c1-8(14)12(2,7-11(15)16)9-5-3-4-6-10(9)13/h3-6,8H,7,14H2,1-2H3,(H,15,16). The van der Waals surface area contributed by atoms with E-state index in [0.717, 1.165) is 5.56 Å². The van der Waals surface area contributed by atoms with Crippen LogP contribution in [0.25, 0.3) is 0 Å². The third kappa shape index (κ3) is 2.54. The van der Waals surface area contributed by atoms with Crippen molar-refractivity contribution in [1.82, 2.24) is 0 Å². The van der Waals surface area contributed by atoms with Crippen molar-refractivity contribution in [3.63, 3.8) is 0 Å². The number of halogens is 1. The number of benzene rings is 1. The second kappa shape index (κ2) is 4.85. The first-order valence-electron chi connectivity index (χ1n) is 5.10. The van der Waals surface area contributed by atoms with Crippen molar-refractivity contribution < 1.29 is 9.90 Å². The third-order valence-corrected chi connectivity index (χ3v) is 3.34. The summed E-state index contributed by atoms with van der Waals surface area (Å²) in [4.78, 5) is 10.9. The normalized spacial score (nSPS) is 16.5. The summed E-state index contributed by atoms with van der Waals surface area (Å²) in [5, 5.41) is 9.51. The van der Waals surface area contributed by atoms with Gasteiger partial charge >= 0.3 is 5.97 Å². The highest BCUT2D eigenvalue weighted by atomic mass is 35.5. The van der Waals surface area contributed by atoms with Gasteiger partial charge in [0.1, 0.15) is 0 Å². The highest BCUT2D eigenvalue weighted by molar-refractivity contribution is 6.31. The van der Waals surface area contributed by atoms with Gasteiger partial charge in [0.05, 0.1) is 6.42 Å². The molecule has 1 aromatic rings. The van der Waals surface area contributed by atoms with E-state index in [1.807, 2.05) is 25.1 Å². The van der Waals surface area contributed by atoms with Crippen molar-refractivity contribution in [2.45, 2.75) is 31.7 Å². The molecule has 88 valence electrons. The largest absolute Gasteiger partial charge is 0.481 e. The fraction of sp³-hybridized carbons (Fsp3) is 0.417. The lowest BCUT2D eigenvalue weighted by molar-refractivity contribution is -0.138. The molecule has 2 atom stereocenters. The summed E-state index contributed by atoms with van der Waals surface area (Å²) in [5.41, 5.74) is 6.04. The summed E-state index contributed by atoms with van der Waals surface area (Å²) in [6.07, 6.45) is -0.0333. The highest BCUT2D eigenvalue weighted by Crippen LogP contribution is 2.35. The maximum absolute atomic E-state index is 10.9. The number of carboxylic acid groups (broad SMARTS) is 1. The molecule has 0 bridgehead atoms. The molecule has 0 aliphatic heterocycles. The van der Waals surface area contributed by atoms with Gasteiger partial charge in [-0.2, -0.15) is 0 Å². The fourth-order valence-electron chi connectivity index (χ4n) is 1.74. The van der Waals surface area contributed by atoms with E-state index < -0.39 is 11.4 Å². The van der Waals surface area contributed by atoms with E-state index in [4.69, 9.17) is 22.4 Å². The van der Waals surface area contributed by atoms with E-state index in [2.05, 4.69) is 0 Å². The number of hydrogen-bond donors (Lipinski definition) is 2. The molecule has 1 rings (SSSR count). The monoisotopic (exact) mass is 241 g/mol. The van der Waals surface area contributed by atoms with Gasteiger partial charge in [-0.05, 0) is 18.6 Å². The minimum Gasteiger partial charge on any atom is -0.481 e. The average Bonchev–Trinajstić information content (AvgIpc) is 2.16. The Balaban J connectivity index is 3.21. The Morgan fingerprint density at radius 2 is 2.12 bits per heavy atom. The third-order valence-electron chi connectivity index (χ3n) is 3.01. The molecular weight excluding hydrogens is 226 g/mol. The Labute approximate surface area is 100 Å². The number of aliphatic carboxylic acids is 1. The average molecular weight is 242 g/mol. The molecule has 3 nitrogen and oxygen atoms in total. The summed E-state index contributed by atoms with van der Waals surface area (Å²) in [7, 11) is 0. The number of carbonyl (C=O) groups is 1. The van der Waals surface area contributed by atoms with Crippen LogP contribution in [0.2, 0.25) is 5.02 Å². The Morgan fingerprint density at radius 1 is 1.56 bits per heavy atom. The van der Waals surface area contributed by atoms with Crippen LogP contribution in [0.5, 0.6) is 0 Å². The predicted octanol–water partition coefficient (Wildman–Crippen LogP) is 2.42. The lowest BCUT2D eigenvalue weighted by Crippen LogP contribution is -2.42. The quantitative estimate of drug-likeness (QED) is 0.851. The number of hydrogen-bond acceptors (Lipinski definition) is 2. The minimum absolute atomic E-state index is 0.0333. The molecule has 0 saturated carbocycles. The van der Waals surface area contributed by atoms with Crippen molar-refractivity contribution >= 4 is 17.6 Å². The molecule has 0 amide bonds. The zero-order valence-electron chi connectivity index (χ0n) is 9.40. The van der Waals surface area contributed by atoms with Gasteiger partial charge in [-0.15, -0.1) is 0 Å². The van der Waals surface area contributed by atoms with Crippen LogP contribution in [0.3, 0.4) is 0 Å². The number of rotatable bonds is 4. The van der Waals surface area contributed by atoms with E-state index in [0.29, 0.717) is 5.02 Å². The van der Waals surface area contributed by atoms with E-state index in [-0.39, 0.29) is 12.5 Å². The van der Waals surface area contributed by atoms with Crippen molar-refractivity contribution in [1.29, 1.82) is 0 Å². The predicted molar refractivity (Wildman–Crippen MR) is 64.7 cm³/mol. The van der Waals surface area contributed by atoms with Crippen LogP contribution in [0.1, 0.15) is 25.8 Å². The van der Waals surface area contributed by atoms with E-state index >= 15 is 0 Å². The Bertz CT molecular complexity index is 392. The van der Waals surface area contributed by atoms with Gasteiger partial charge in [0.15, 0.2) is 0 Å². The van der Waals surface area contributed by atoms with Crippen LogP contribution in [0.15, 0.2) is 24.3 Å². The Kier molecular flexibility index (Phi) is 3.94. The molecule has 16 heavy (non-hydrogen) atoms. The Hall–Kier alpha value is -1.06. The molecule has 0 aliphatic rings. The molecule has 0 heterocycles. The van der Waals surface area contributed by atoms with Crippen LogP contribution in [-0.4, -0.2) is 17.1 Å². The minimum atomic E-state index is -0.875. The van der Waals surface area contributed by atoms with E-state index in [1.54, 1.807) is 13.0 Å². The Morgan fingerprint density at radius 3 is 2.56 bits per heavy atom. The van der Waals surface area contributed by atoms with Gasteiger partial charge in [-0.3, -0.25) is 4.79 Å². The van der Waals surface area contributed by atoms with E-state index in [1.165, 1.54) is 0 Å². The first-order chi connectivity index (χ1) is 7.38.